The first-order valence-electron chi connectivity index (χ1n) is 5.86. The molecule has 0 unspecified atom stereocenters. The zero-order chi connectivity index (χ0) is 12.4. The van der Waals surface area contributed by atoms with E-state index in [1.54, 1.807) is 11.3 Å². The molecule has 0 aliphatic rings. The molecular weight excluding hydrogens is 244 g/mol. The van der Waals surface area contributed by atoms with Gasteiger partial charge in [0.05, 0.1) is 15.7 Å². The number of aryl methyl sites for hydroxylation is 1. The molecule has 0 aliphatic heterocycles. The smallest absolute Gasteiger partial charge is 0.110 e. The Balaban J connectivity index is 1.64. The van der Waals surface area contributed by atoms with Gasteiger partial charge in [-0.1, -0.05) is 0 Å². The van der Waals surface area contributed by atoms with Gasteiger partial charge in [0.25, 0.3) is 0 Å². The van der Waals surface area contributed by atoms with E-state index < -0.39 is 0 Å². The fourth-order valence-corrected chi connectivity index (χ4v) is 2.64. The monoisotopic (exact) mass is 258 g/mol. The Hall–Kier alpha value is -1.88. The maximum absolute atomic E-state index is 4.30. The number of hydrogen-bond acceptors (Lipinski definition) is 4. The van der Waals surface area contributed by atoms with Crippen molar-refractivity contribution in [2.75, 3.05) is 11.9 Å². The third-order valence-corrected chi connectivity index (χ3v) is 3.72. The number of nitrogens with one attached hydrogen (secondary N) is 1. The number of thiazole rings is 1. The first-order chi connectivity index (χ1) is 8.83. The van der Waals surface area contributed by atoms with Crippen LogP contribution in [0.15, 0.2) is 36.1 Å². The van der Waals surface area contributed by atoms with Crippen molar-refractivity contribution in [3.05, 3.63) is 41.9 Å². The molecule has 0 saturated heterocycles. The zero-order valence-electron chi connectivity index (χ0n) is 10.1. The molecule has 0 atom stereocenters. The molecule has 0 spiro atoms. The number of benzene rings is 1. The molecule has 1 N–H and O–H groups in total. The highest BCUT2D eigenvalue weighted by atomic mass is 32.1. The van der Waals surface area contributed by atoms with Crippen molar-refractivity contribution in [1.29, 1.82) is 0 Å². The lowest BCUT2D eigenvalue weighted by atomic mass is 10.3. The van der Waals surface area contributed by atoms with Crippen molar-refractivity contribution < 1.29 is 0 Å². The van der Waals surface area contributed by atoms with E-state index in [1.807, 2.05) is 29.5 Å². The molecule has 4 nitrogen and oxygen atoms in total. The molecule has 0 fully saturated rings. The van der Waals surface area contributed by atoms with Gasteiger partial charge in [-0.05, 0) is 18.2 Å². The molecule has 0 saturated carbocycles. The summed E-state index contributed by atoms with van der Waals surface area (Å²) in [7, 11) is 2.02. The van der Waals surface area contributed by atoms with Crippen molar-refractivity contribution in [3.8, 4) is 0 Å². The molecule has 92 valence electrons. The molecule has 2 aromatic heterocycles. The lowest BCUT2D eigenvalue weighted by Crippen LogP contribution is -2.08. The zero-order valence-corrected chi connectivity index (χ0v) is 10.9. The summed E-state index contributed by atoms with van der Waals surface area (Å²) in [6.45, 7) is 0.884. The maximum atomic E-state index is 4.30. The number of aromatic nitrogens is 3. The maximum Gasteiger partial charge on any atom is 0.110 e. The van der Waals surface area contributed by atoms with Crippen molar-refractivity contribution in [3.63, 3.8) is 0 Å². The van der Waals surface area contributed by atoms with Crippen molar-refractivity contribution in [1.82, 2.24) is 14.5 Å². The number of anilines is 1. The van der Waals surface area contributed by atoms with Crippen molar-refractivity contribution in [2.45, 2.75) is 6.42 Å². The standard InChI is InChI=1S/C13H14N4S/c1-17-7-6-15-13(17)4-5-14-10-2-3-11-12(8-10)18-9-16-11/h2-3,6-9,14H,4-5H2,1H3. The number of fused-ring (bicyclic) bond motifs is 1. The van der Waals surface area contributed by atoms with Crippen LogP contribution in [-0.4, -0.2) is 21.1 Å². The average molecular weight is 258 g/mol. The molecule has 3 rings (SSSR count). The van der Waals surface area contributed by atoms with Gasteiger partial charge in [-0.3, -0.25) is 0 Å². The lowest BCUT2D eigenvalue weighted by Gasteiger charge is -2.06. The van der Waals surface area contributed by atoms with Crippen LogP contribution < -0.4 is 5.32 Å². The molecule has 2 heterocycles. The van der Waals surface area contributed by atoms with Crippen LogP contribution in [0.2, 0.25) is 0 Å². The highest BCUT2D eigenvalue weighted by molar-refractivity contribution is 7.16. The molecule has 1 aromatic carbocycles. The molecule has 18 heavy (non-hydrogen) atoms. The second kappa shape index (κ2) is 4.78. The predicted molar refractivity (Wildman–Crippen MR) is 75.0 cm³/mol. The third kappa shape index (κ3) is 2.22. The summed E-state index contributed by atoms with van der Waals surface area (Å²) < 4.78 is 3.27. The average Bonchev–Trinajstić information content (AvgIpc) is 2.98. The Bertz CT molecular complexity index is 656. The summed E-state index contributed by atoms with van der Waals surface area (Å²) in [5.74, 6) is 1.10. The second-order valence-corrected chi connectivity index (χ2v) is 5.05. The van der Waals surface area contributed by atoms with Crippen LogP contribution in [0.4, 0.5) is 5.69 Å². The van der Waals surface area contributed by atoms with E-state index in [0.29, 0.717) is 0 Å². The molecule has 3 aromatic rings. The Morgan fingerprint density at radius 2 is 2.28 bits per heavy atom. The van der Waals surface area contributed by atoms with Gasteiger partial charge < -0.3 is 9.88 Å². The fourth-order valence-electron chi connectivity index (χ4n) is 1.92. The van der Waals surface area contributed by atoms with Gasteiger partial charge >= 0.3 is 0 Å². The largest absolute Gasteiger partial charge is 0.385 e. The number of rotatable bonds is 4. The summed E-state index contributed by atoms with van der Waals surface area (Å²) in [6, 6.07) is 6.26. The highest BCUT2D eigenvalue weighted by Crippen LogP contribution is 2.21. The Morgan fingerprint density at radius 3 is 3.11 bits per heavy atom. The van der Waals surface area contributed by atoms with E-state index in [1.165, 1.54) is 4.70 Å². The first-order valence-corrected chi connectivity index (χ1v) is 6.74. The summed E-state index contributed by atoms with van der Waals surface area (Å²) in [5, 5.41) is 3.42. The minimum absolute atomic E-state index is 0.884. The van der Waals surface area contributed by atoms with E-state index in [-0.39, 0.29) is 0 Å². The van der Waals surface area contributed by atoms with Crippen LogP contribution in [-0.2, 0) is 13.5 Å². The molecule has 0 aliphatic carbocycles. The minimum Gasteiger partial charge on any atom is -0.385 e. The van der Waals surface area contributed by atoms with Gasteiger partial charge in [0, 0.05) is 38.1 Å². The van der Waals surface area contributed by atoms with E-state index in [4.69, 9.17) is 0 Å². The topological polar surface area (TPSA) is 42.7 Å². The van der Waals surface area contributed by atoms with Gasteiger partial charge in [0.15, 0.2) is 0 Å². The van der Waals surface area contributed by atoms with Gasteiger partial charge in [-0.25, -0.2) is 9.97 Å². The lowest BCUT2D eigenvalue weighted by molar-refractivity contribution is 0.790. The third-order valence-electron chi connectivity index (χ3n) is 2.93. The van der Waals surface area contributed by atoms with Crippen molar-refractivity contribution >= 4 is 27.2 Å². The van der Waals surface area contributed by atoms with Gasteiger partial charge in [-0.15, -0.1) is 11.3 Å². The van der Waals surface area contributed by atoms with E-state index >= 15 is 0 Å². The van der Waals surface area contributed by atoms with Crippen LogP contribution in [0, 0.1) is 0 Å². The van der Waals surface area contributed by atoms with Crippen LogP contribution in [0.5, 0.6) is 0 Å². The second-order valence-electron chi connectivity index (χ2n) is 4.17. The number of imidazole rings is 1. The van der Waals surface area contributed by atoms with Gasteiger partial charge in [-0.2, -0.15) is 0 Å². The Labute approximate surface area is 109 Å². The van der Waals surface area contributed by atoms with Gasteiger partial charge in [0.1, 0.15) is 5.82 Å². The van der Waals surface area contributed by atoms with Crippen LogP contribution in [0.25, 0.3) is 10.2 Å². The SMILES string of the molecule is Cn1ccnc1CCNc1ccc2ncsc2c1. The van der Waals surface area contributed by atoms with Crippen LogP contribution in [0.1, 0.15) is 5.82 Å². The van der Waals surface area contributed by atoms with Gasteiger partial charge in [0.2, 0.25) is 0 Å². The van der Waals surface area contributed by atoms with Crippen LogP contribution in [0.3, 0.4) is 0 Å². The molecule has 0 radical (unpaired) electrons. The summed E-state index contributed by atoms with van der Waals surface area (Å²) >= 11 is 1.67. The summed E-state index contributed by atoms with van der Waals surface area (Å²) in [5.41, 5.74) is 4.08. The van der Waals surface area contributed by atoms with Crippen molar-refractivity contribution in [2.24, 2.45) is 7.05 Å². The molecule has 0 bridgehead atoms. The predicted octanol–water partition coefficient (Wildman–Crippen LogP) is 2.68. The molecular formula is C13H14N4S. The fraction of sp³-hybridized carbons (Fsp3) is 0.231. The normalized spacial score (nSPS) is 10.9. The quantitative estimate of drug-likeness (QED) is 0.782. The summed E-state index contributed by atoms with van der Waals surface area (Å²) in [6.07, 6.45) is 4.72. The highest BCUT2D eigenvalue weighted by Gasteiger charge is 2.00. The minimum atomic E-state index is 0.884. The van der Waals surface area contributed by atoms with Crippen LogP contribution >= 0.6 is 11.3 Å². The Morgan fingerprint density at radius 1 is 1.33 bits per heavy atom. The first kappa shape index (κ1) is 11.2. The van der Waals surface area contributed by atoms with E-state index in [0.717, 1.165) is 30.0 Å². The molecule has 5 heteroatoms. The number of nitrogens with zero attached hydrogens (tertiary/aromatic N) is 3. The molecule has 0 amide bonds. The summed E-state index contributed by atoms with van der Waals surface area (Å²) in [4.78, 5) is 8.57. The number of hydrogen-bond donors (Lipinski definition) is 1. The Kier molecular flexibility index (Phi) is 2.98. The van der Waals surface area contributed by atoms with E-state index in [2.05, 4.69) is 33.5 Å². The van der Waals surface area contributed by atoms with E-state index in [9.17, 15) is 0 Å².